The molecular formula is C12H22O2. The summed E-state index contributed by atoms with van der Waals surface area (Å²) in [6, 6.07) is 0. The van der Waals surface area contributed by atoms with Gasteiger partial charge in [0.2, 0.25) is 0 Å². The summed E-state index contributed by atoms with van der Waals surface area (Å²) in [6.45, 7) is 4.49. The van der Waals surface area contributed by atoms with Crippen LogP contribution in [0.15, 0.2) is 12.2 Å². The van der Waals surface area contributed by atoms with Crippen molar-refractivity contribution in [1.82, 2.24) is 0 Å². The van der Waals surface area contributed by atoms with Gasteiger partial charge in [0, 0.05) is 6.08 Å². The summed E-state index contributed by atoms with van der Waals surface area (Å²) >= 11 is 0. The summed E-state index contributed by atoms with van der Waals surface area (Å²) in [6.07, 6.45) is 9.39. The van der Waals surface area contributed by atoms with Crippen molar-refractivity contribution < 1.29 is 9.53 Å². The lowest BCUT2D eigenvalue weighted by Crippen LogP contribution is -1.93. The van der Waals surface area contributed by atoms with Gasteiger partial charge in [-0.1, -0.05) is 39.2 Å². The highest BCUT2D eigenvalue weighted by atomic mass is 16.5. The molecule has 0 bridgehead atoms. The largest absolute Gasteiger partial charge is 0.466 e. The molecule has 0 atom stereocenters. The molecule has 82 valence electrons. The fourth-order valence-corrected chi connectivity index (χ4v) is 1.24. The molecule has 0 saturated carbocycles. The molecule has 0 rings (SSSR count). The number of hydrogen-bond acceptors (Lipinski definition) is 2. The van der Waals surface area contributed by atoms with Crippen molar-refractivity contribution in [2.75, 3.05) is 7.11 Å². The van der Waals surface area contributed by atoms with Crippen LogP contribution >= 0.6 is 0 Å². The van der Waals surface area contributed by atoms with Gasteiger partial charge in [-0.25, -0.2) is 4.79 Å². The van der Waals surface area contributed by atoms with Gasteiger partial charge in [-0.3, -0.25) is 0 Å². The smallest absolute Gasteiger partial charge is 0.330 e. The third-order valence-electron chi connectivity index (χ3n) is 2.11. The van der Waals surface area contributed by atoms with E-state index < -0.39 is 0 Å². The molecule has 0 amide bonds. The Morgan fingerprint density at radius 2 is 2.00 bits per heavy atom. The second-order valence-corrected chi connectivity index (χ2v) is 3.96. The van der Waals surface area contributed by atoms with Gasteiger partial charge in [0.1, 0.15) is 0 Å². The molecule has 0 aromatic carbocycles. The lowest BCUT2D eigenvalue weighted by atomic mass is 10.0. The molecule has 0 fully saturated rings. The molecular weight excluding hydrogens is 176 g/mol. The SMILES string of the molecule is COC(=O)C=CCCCCCC(C)C. The fraction of sp³-hybridized carbons (Fsp3) is 0.750. The number of allylic oxidation sites excluding steroid dienone is 1. The van der Waals surface area contributed by atoms with Gasteiger partial charge < -0.3 is 4.74 Å². The molecule has 14 heavy (non-hydrogen) atoms. The van der Waals surface area contributed by atoms with Crippen molar-refractivity contribution >= 4 is 5.97 Å². The number of carbonyl (C=O) groups excluding carboxylic acids is 1. The highest BCUT2D eigenvalue weighted by Crippen LogP contribution is 2.09. The molecule has 0 heterocycles. The van der Waals surface area contributed by atoms with Crippen LogP contribution in [-0.2, 0) is 9.53 Å². The van der Waals surface area contributed by atoms with Crippen molar-refractivity contribution in [3.8, 4) is 0 Å². The first-order valence-corrected chi connectivity index (χ1v) is 5.41. The van der Waals surface area contributed by atoms with Gasteiger partial charge in [0.15, 0.2) is 0 Å². The van der Waals surface area contributed by atoms with Crippen molar-refractivity contribution in [1.29, 1.82) is 0 Å². The van der Waals surface area contributed by atoms with E-state index in [1.54, 1.807) is 0 Å². The Kier molecular flexibility index (Phi) is 8.30. The van der Waals surface area contributed by atoms with E-state index in [0.29, 0.717) is 0 Å². The molecule has 0 aliphatic carbocycles. The molecule has 0 unspecified atom stereocenters. The van der Waals surface area contributed by atoms with E-state index in [1.807, 2.05) is 6.08 Å². The van der Waals surface area contributed by atoms with Gasteiger partial charge in [-0.15, -0.1) is 0 Å². The van der Waals surface area contributed by atoms with Gasteiger partial charge >= 0.3 is 5.97 Å². The van der Waals surface area contributed by atoms with Crippen LogP contribution in [0.1, 0.15) is 46.0 Å². The monoisotopic (exact) mass is 198 g/mol. The summed E-state index contributed by atoms with van der Waals surface area (Å²) in [5.74, 6) is 0.549. The third kappa shape index (κ3) is 9.30. The van der Waals surface area contributed by atoms with Crippen molar-refractivity contribution in [3.63, 3.8) is 0 Å². The zero-order valence-corrected chi connectivity index (χ0v) is 9.58. The lowest BCUT2D eigenvalue weighted by molar-refractivity contribution is -0.134. The highest BCUT2D eigenvalue weighted by molar-refractivity contribution is 5.81. The van der Waals surface area contributed by atoms with E-state index in [4.69, 9.17) is 0 Å². The molecule has 2 nitrogen and oxygen atoms in total. The molecule has 0 aromatic heterocycles. The van der Waals surface area contributed by atoms with E-state index in [1.165, 1.54) is 38.9 Å². The molecule has 0 radical (unpaired) electrons. The molecule has 0 aliphatic heterocycles. The predicted molar refractivity (Wildman–Crippen MR) is 59.1 cm³/mol. The normalized spacial score (nSPS) is 11.1. The first kappa shape index (κ1) is 13.2. The summed E-state index contributed by atoms with van der Waals surface area (Å²) in [7, 11) is 1.40. The van der Waals surface area contributed by atoms with Gasteiger partial charge in [-0.2, -0.15) is 0 Å². The summed E-state index contributed by atoms with van der Waals surface area (Å²) in [4.78, 5) is 10.7. The maximum absolute atomic E-state index is 10.7. The Balaban J connectivity index is 3.21. The zero-order valence-electron chi connectivity index (χ0n) is 9.58. The number of unbranched alkanes of at least 4 members (excludes halogenated alkanes) is 3. The number of carbonyl (C=O) groups is 1. The summed E-state index contributed by atoms with van der Waals surface area (Å²) < 4.78 is 4.48. The first-order chi connectivity index (χ1) is 6.66. The molecule has 0 saturated heterocycles. The van der Waals surface area contributed by atoms with E-state index in [9.17, 15) is 4.79 Å². The second-order valence-electron chi connectivity index (χ2n) is 3.96. The maximum atomic E-state index is 10.7. The number of esters is 1. The van der Waals surface area contributed by atoms with E-state index >= 15 is 0 Å². The Labute approximate surface area is 87.3 Å². The van der Waals surface area contributed by atoms with Crippen LogP contribution in [0.4, 0.5) is 0 Å². The van der Waals surface area contributed by atoms with Crippen LogP contribution in [-0.4, -0.2) is 13.1 Å². The minimum atomic E-state index is -0.257. The number of rotatable bonds is 7. The fourth-order valence-electron chi connectivity index (χ4n) is 1.24. The summed E-state index contributed by atoms with van der Waals surface area (Å²) in [5.41, 5.74) is 0. The predicted octanol–water partition coefficient (Wildman–Crippen LogP) is 3.32. The van der Waals surface area contributed by atoms with Gasteiger partial charge in [0.25, 0.3) is 0 Å². The van der Waals surface area contributed by atoms with Crippen LogP contribution in [0.25, 0.3) is 0 Å². The minimum Gasteiger partial charge on any atom is -0.466 e. The molecule has 0 aromatic rings. The second kappa shape index (κ2) is 8.79. The Bertz CT molecular complexity index is 171. The van der Waals surface area contributed by atoms with Crippen LogP contribution in [0.3, 0.4) is 0 Å². The third-order valence-corrected chi connectivity index (χ3v) is 2.11. The average Bonchev–Trinajstić information content (AvgIpc) is 2.15. The van der Waals surface area contributed by atoms with E-state index in [2.05, 4.69) is 18.6 Å². The van der Waals surface area contributed by atoms with E-state index in [0.717, 1.165) is 12.3 Å². The zero-order chi connectivity index (χ0) is 10.8. The van der Waals surface area contributed by atoms with Crippen LogP contribution < -0.4 is 0 Å². The molecule has 0 spiro atoms. The van der Waals surface area contributed by atoms with Crippen LogP contribution in [0.2, 0.25) is 0 Å². The average molecular weight is 198 g/mol. The van der Waals surface area contributed by atoms with Crippen molar-refractivity contribution in [2.45, 2.75) is 46.0 Å². The maximum Gasteiger partial charge on any atom is 0.330 e. The lowest BCUT2D eigenvalue weighted by Gasteiger charge is -2.02. The molecule has 0 aliphatic rings. The Morgan fingerprint density at radius 1 is 1.29 bits per heavy atom. The number of ether oxygens (including phenoxy) is 1. The Hall–Kier alpha value is -0.790. The van der Waals surface area contributed by atoms with E-state index in [-0.39, 0.29) is 5.97 Å². The Morgan fingerprint density at radius 3 is 2.57 bits per heavy atom. The topological polar surface area (TPSA) is 26.3 Å². The highest BCUT2D eigenvalue weighted by Gasteiger charge is 1.93. The van der Waals surface area contributed by atoms with Gasteiger partial charge in [-0.05, 0) is 18.8 Å². The minimum absolute atomic E-state index is 0.257. The van der Waals surface area contributed by atoms with Crippen molar-refractivity contribution in [3.05, 3.63) is 12.2 Å². The van der Waals surface area contributed by atoms with Crippen molar-refractivity contribution in [2.24, 2.45) is 5.92 Å². The first-order valence-electron chi connectivity index (χ1n) is 5.41. The van der Waals surface area contributed by atoms with Gasteiger partial charge in [0.05, 0.1) is 7.11 Å². The van der Waals surface area contributed by atoms with Crippen LogP contribution in [0.5, 0.6) is 0 Å². The number of methoxy groups -OCH3 is 1. The standard InChI is InChI=1S/C12H22O2/c1-11(2)9-7-5-4-6-8-10-12(13)14-3/h8,10-11H,4-7,9H2,1-3H3. The number of hydrogen-bond donors (Lipinski definition) is 0. The van der Waals surface area contributed by atoms with Crippen LogP contribution in [0, 0.1) is 5.92 Å². The molecule has 0 N–H and O–H groups in total. The summed E-state index contributed by atoms with van der Waals surface area (Å²) in [5, 5.41) is 0. The molecule has 2 heteroatoms. The quantitative estimate of drug-likeness (QED) is 0.356.